The third-order valence-electron chi connectivity index (χ3n) is 15.8. The highest BCUT2D eigenvalue weighted by Gasteiger charge is 2.72. The normalized spacial score (nSPS) is 23.2. The zero-order chi connectivity index (χ0) is 39.5. The summed E-state index contributed by atoms with van der Waals surface area (Å²) in [6.07, 6.45) is 16.4. The third kappa shape index (κ3) is 4.92. The Kier molecular flexibility index (Phi) is 7.06. The molecule has 3 aliphatic heterocycles. The van der Waals surface area contributed by atoms with Gasteiger partial charge in [0.1, 0.15) is 11.0 Å². The van der Waals surface area contributed by atoms with Gasteiger partial charge in [-0.1, -0.05) is 23.7 Å². The van der Waals surface area contributed by atoms with E-state index in [2.05, 4.69) is 36.6 Å². The van der Waals surface area contributed by atoms with Crippen LogP contribution in [0, 0.1) is 5.82 Å². The van der Waals surface area contributed by atoms with Crippen LogP contribution in [-0.2, 0) is 47.8 Å². The number of nitrogens with one attached hydrogen (secondary N) is 4. The van der Waals surface area contributed by atoms with Crippen LogP contribution in [0.25, 0.3) is 33.8 Å². The fourth-order valence-electron chi connectivity index (χ4n) is 12.0. The average Bonchev–Trinajstić information content (AvgIpc) is 4.07. The smallest absolute Gasteiger partial charge is 0.253 e. The van der Waals surface area contributed by atoms with Crippen LogP contribution in [-0.4, -0.2) is 74.0 Å². The van der Waals surface area contributed by atoms with Crippen molar-refractivity contribution in [2.75, 3.05) is 26.3 Å². The fourth-order valence-corrected chi connectivity index (χ4v) is 12.2. The van der Waals surface area contributed by atoms with Gasteiger partial charge in [0.05, 0.1) is 52.5 Å². The molecule has 9 aliphatic rings. The number of nitrogens with zero attached hydrogens (tertiary/aromatic N) is 3. The number of fused-ring (bicyclic) bond motifs is 14. The number of ether oxygens (including phenoxy) is 1. The molecule has 0 radical (unpaired) electrons. The molecule has 6 aliphatic carbocycles. The molecule has 5 aromatic rings. The Morgan fingerprint density at radius 2 is 1.27 bits per heavy atom. The van der Waals surface area contributed by atoms with E-state index in [1.165, 1.54) is 40.9 Å². The van der Waals surface area contributed by atoms with Crippen molar-refractivity contribution >= 4 is 23.4 Å². The highest BCUT2D eigenvalue weighted by atomic mass is 35.5. The van der Waals surface area contributed by atoms with E-state index in [-0.39, 0.29) is 39.5 Å². The molecule has 10 nitrogen and oxygen atoms in total. The van der Waals surface area contributed by atoms with Gasteiger partial charge in [-0.3, -0.25) is 19.5 Å². The first-order chi connectivity index (χ1) is 28.7. The number of aromatic amines is 2. The molecule has 4 saturated carbocycles. The predicted molar refractivity (Wildman–Crippen MR) is 220 cm³/mol. The van der Waals surface area contributed by atoms with Crippen molar-refractivity contribution in [2.24, 2.45) is 0 Å². The van der Waals surface area contributed by atoms with Crippen LogP contribution in [0.5, 0.6) is 0 Å². The van der Waals surface area contributed by atoms with Gasteiger partial charge in [0, 0.05) is 76.5 Å². The van der Waals surface area contributed by atoms with Crippen molar-refractivity contribution in [3.8, 4) is 33.8 Å². The van der Waals surface area contributed by atoms with Gasteiger partial charge in [-0.15, -0.1) is 0 Å². The van der Waals surface area contributed by atoms with Crippen molar-refractivity contribution in [1.29, 1.82) is 0 Å². The summed E-state index contributed by atoms with van der Waals surface area (Å²) in [5, 5.41) is 7.25. The molecule has 59 heavy (non-hydrogen) atoms. The molecule has 300 valence electrons. The van der Waals surface area contributed by atoms with Gasteiger partial charge < -0.3 is 25.3 Å². The van der Waals surface area contributed by atoms with Crippen molar-refractivity contribution in [1.82, 2.24) is 35.5 Å². The summed E-state index contributed by atoms with van der Waals surface area (Å²) in [6, 6.07) is 9.48. The number of hydrogen-bond acceptors (Lipinski definition) is 6. The largest absolute Gasteiger partial charge is 0.379 e. The van der Waals surface area contributed by atoms with Gasteiger partial charge in [0.25, 0.3) is 11.8 Å². The molecule has 5 fully saturated rings. The highest BCUT2D eigenvalue weighted by molar-refractivity contribution is 6.29. The number of carbonyl (C=O) groups excluding carboxylic acids is 2. The highest BCUT2D eigenvalue weighted by Crippen LogP contribution is 2.68. The Bertz CT molecular complexity index is 2690. The number of morpholine rings is 1. The summed E-state index contributed by atoms with van der Waals surface area (Å²) in [6.45, 7) is 3.65. The minimum absolute atomic E-state index is 0.0166. The zero-order valence-corrected chi connectivity index (χ0v) is 33.6. The number of aromatic nitrogens is 4. The van der Waals surface area contributed by atoms with Crippen molar-refractivity contribution < 1.29 is 18.7 Å². The van der Waals surface area contributed by atoms with Crippen molar-refractivity contribution in [3.05, 3.63) is 104 Å². The summed E-state index contributed by atoms with van der Waals surface area (Å²) in [5.74, 6) is 0.0147. The Hall–Kier alpha value is -4.84. The van der Waals surface area contributed by atoms with Gasteiger partial charge in [-0.05, 0) is 118 Å². The molecule has 4 N–H and O–H groups in total. The van der Waals surface area contributed by atoms with Crippen LogP contribution < -0.4 is 10.6 Å². The van der Waals surface area contributed by atoms with Crippen LogP contribution >= 0.6 is 11.6 Å². The molecule has 4 spiro atoms. The van der Waals surface area contributed by atoms with Crippen LogP contribution in [0.2, 0.25) is 5.15 Å². The third-order valence-corrected chi connectivity index (χ3v) is 16.0. The molecule has 0 atom stereocenters. The molecule has 1 saturated heterocycles. The Labute approximate surface area is 346 Å². The second-order valence-electron chi connectivity index (χ2n) is 18.8. The Balaban J connectivity index is 0.000000134. The summed E-state index contributed by atoms with van der Waals surface area (Å²) in [7, 11) is 0. The van der Waals surface area contributed by atoms with E-state index in [1.54, 1.807) is 6.07 Å². The van der Waals surface area contributed by atoms with Gasteiger partial charge in [0.15, 0.2) is 0 Å². The van der Waals surface area contributed by atoms with Crippen LogP contribution in [0.4, 0.5) is 4.39 Å². The maximum Gasteiger partial charge on any atom is 0.253 e. The average molecular weight is 810 g/mol. The second kappa shape index (κ2) is 11.9. The van der Waals surface area contributed by atoms with Crippen molar-refractivity contribution in [3.63, 3.8) is 0 Å². The summed E-state index contributed by atoms with van der Waals surface area (Å²) >= 11 is 6.12. The fraction of sp³-hybridized carbons (Fsp3) is 0.447. The first-order valence-corrected chi connectivity index (χ1v) is 22.0. The lowest BCUT2D eigenvalue weighted by molar-refractivity contribution is 0.0337. The molecule has 1 aromatic carbocycles. The van der Waals surface area contributed by atoms with E-state index in [4.69, 9.17) is 21.3 Å². The molecule has 0 unspecified atom stereocenters. The molecule has 4 aromatic heterocycles. The Morgan fingerprint density at radius 1 is 0.712 bits per heavy atom. The maximum atomic E-state index is 15.1. The SMILES string of the molecule is O=C1NC2(CC2)C2(CC2)c2[nH]c3c(c21)CCc1cnc(-c2ccc(CN4CCOCC4)c(F)c2)cc1-3.O=C1NC2(CC2)C2(CC2)c2[nH]c3c(c21)CCc1cnc(Cl)cc1-3. The number of benzene rings is 1. The van der Waals surface area contributed by atoms with E-state index < -0.39 is 0 Å². The maximum absolute atomic E-state index is 15.1. The van der Waals surface area contributed by atoms with E-state index in [9.17, 15) is 9.59 Å². The quantitative estimate of drug-likeness (QED) is 0.142. The number of aryl methyl sites for hydroxylation is 2. The number of rotatable bonds is 3. The number of carbonyl (C=O) groups is 2. The van der Waals surface area contributed by atoms with Crippen LogP contribution in [0.15, 0.2) is 42.7 Å². The Morgan fingerprint density at radius 3 is 1.81 bits per heavy atom. The summed E-state index contributed by atoms with van der Waals surface area (Å²) in [4.78, 5) is 44.6. The van der Waals surface area contributed by atoms with E-state index in [0.717, 1.165) is 128 Å². The minimum atomic E-state index is -0.198. The van der Waals surface area contributed by atoms with Gasteiger partial charge in [0.2, 0.25) is 0 Å². The molecule has 2 amide bonds. The zero-order valence-electron chi connectivity index (χ0n) is 32.9. The predicted octanol–water partition coefficient (Wildman–Crippen LogP) is 7.26. The number of pyridine rings is 2. The lowest BCUT2D eigenvalue weighted by Crippen LogP contribution is -2.51. The van der Waals surface area contributed by atoms with Crippen LogP contribution in [0.1, 0.15) is 111 Å². The molecule has 12 heteroatoms. The van der Waals surface area contributed by atoms with Gasteiger partial charge >= 0.3 is 0 Å². The number of amides is 2. The van der Waals surface area contributed by atoms with Gasteiger partial charge in [-0.25, -0.2) is 9.37 Å². The number of halogens is 2. The lowest BCUT2D eigenvalue weighted by Gasteiger charge is -2.33. The first kappa shape index (κ1) is 35.0. The van der Waals surface area contributed by atoms with E-state index >= 15 is 4.39 Å². The minimum Gasteiger partial charge on any atom is -0.379 e. The second-order valence-corrected chi connectivity index (χ2v) is 19.2. The standard InChI is InChI=1S/C29H29FN4O2.C18H16ClN3O/c30-22-13-17(1-2-19(22)16-34-9-11-36-12-10-34)23-14-21-18(15-31-23)3-4-20-24-26(32-25(20)21)28(5-6-28)29(7-8-29)33-27(24)35;19-12-7-11-9(8-20-12)1-2-10-13-15(21-14(10)11)17(3-4-17)18(5-6-18)22-16(13)23/h1-2,13-15,32H,3-12,16H2,(H,33,35);7-8,21H,1-6H2,(H,22,23). The van der Waals surface area contributed by atoms with Crippen LogP contribution in [0.3, 0.4) is 0 Å². The molecule has 7 heterocycles. The van der Waals surface area contributed by atoms with E-state index in [1.807, 2.05) is 30.6 Å². The topological polar surface area (TPSA) is 128 Å². The van der Waals surface area contributed by atoms with Crippen molar-refractivity contribution in [2.45, 2.75) is 106 Å². The summed E-state index contributed by atoms with van der Waals surface area (Å²) < 4.78 is 20.5. The number of H-pyrrole nitrogens is 2. The molecular formula is C47H45ClFN7O3. The summed E-state index contributed by atoms with van der Waals surface area (Å²) in [5.41, 5.74) is 15.8. The molecular weight excluding hydrogens is 765 g/mol. The monoisotopic (exact) mass is 809 g/mol. The van der Waals surface area contributed by atoms with Gasteiger partial charge in [-0.2, -0.15) is 0 Å². The molecule has 0 bridgehead atoms. The lowest BCUT2D eigenvalue weighted by atomic mass is 9.81. The first-order valence-electron chi connectivity index (χ1n) is 21.6. The number of hydrogen-bond donors (Lipinski definition) is 4. The molecule has 14 rings (SSSR count). The van der Waals surface area contributed by atoms with E-state index in [0.29, 0.717) is 30.5 Å².